The van der Waals surface area contributed by atoms with Gasteiger partial charge in [-0.25, -0.2) is 4.98 Å². The van der Waals surface area contributed by atoms with E-state index in [2.05, 4.69) is 11.1 Å². The molecule has 0 radical (unpaired) electrons. The Morgan fingerprint density at radius 3 is 2.42 bits per heavy atom. The molecule has 5 nitrogen and oxygen atoms in total. The summed E-state index contributed by atoms with van der Waals surface area (Å²) in [6.45, 7) is 0. The van der Waals surface area contributed by atoms with Crippen molar-refractivity contribution in [1.82, 2.24) is 4.98 Å². The Balaban J connectivity index is 2.03. The van der Waals surface area contributed by atoms with Crippen molar-refractivity contribution in [2.75, 3.05) is 21.3 Å². The zero-order chi connectivity index (χ0) is 18.5. The summed E-state index contributed by atoms with van der Waals surface area (Å²) in [7, 11) is 4.70. The zero-order valence-corrected chi connectivity index (χ0v) is 16.1. The molecule has 0 aliphatic heterocycles. The Morgan fingerprint density at radius 1 is 1.08 bits per heavy atom. The Hall–Kier alpha value is -2.82. The van der Waals surface area contributed by atoms with E-state index in [0.717, 1.165) is 16.1 Å². The summed E-state index contributed by atoms with van der Waals surface area (Å²) >= 11 is 3.06. The molecule has 0 fully saturated rings. The maximum absolute atomic E-state index is 9.63. The molecule has 132 valence electrons. The van der Waals surface area contributed by atoms with Gasteiger partial charge in [0.05, 0.1) is 37.5 Å². The first-order chi connectivity index (χ1) is 12.7. The van der Waals surface area contributed by atoms with Crippen molar-refractivity contribution in [3.63, 3.8) is 0 Å². The fraction of sp³-hybridized carbons (Fsp3) is 0.158. The molecule has 0 spiro atoms. The van der Waals surface area contributed by atoms with E-state index in [0.29, 0.717) is 27.8 Å². The maximum Gasteiger partial charge on any atom is 0.164 e. The molecule has 0 N–H and O–H groups in total. The molecule has 0 saturated heterocycles. The standard InChI is InChI=1S/C19H16N2O3S2/c1-22-15-9-17(24-3)16(23-2)8-12(15)7-13(10-20)19-21-14(11-26-19)18-5-4-6-25-18/h4-9,11H,1-3H3/b13-7-. The molecule has 26 heavy (non-hydrogen) atoms. The number of rotatable bonds is 6. The highest BCUT2D eigenvalue weighted by molar-refractivity contribution is 7.14. The molecule has 3 aromatic rings. The average Bonchev–Trinajstić information content (AvgIpc) is 3.36. The van der Waals surface area contributed by atoms with Gasteiger partial charge in [-0.3, -0.25) is 0 Å². The second-order valence-electron chi connectivity index (χ2n) is 5.13. The second kappa shape index (κ2) is 8.04. The first-order valence-corrected chi connectivity index (χ1v) is 9.37. The Labute approximate surface area is 159 Å². The van der Waals surface area contributed by atoms with Gasteiger partial charge in [0, 0.05) is 17.0 Å². The zero-order valence-electron chi connectivity index (χ0n) is 14.5. The number of allylic oxidation sites excluding steroid dienone is 1. The van der Waals surface area contributed by atoms with E-state index in [9.17, 15) is 5.26 Å². The topological polar surface area (TPSA) is 64.4 Å². The number of thiazole rings is 1. The van der Waals surface area contributed by atoms with Gasteiger partial charge >= 0.3 is 0 Å². The van der Waals surface area contributed by atoms with Crippen molar-refractivity contribution in [2.24, 2.45) is 0 Å². The van der Waals surface area contributed by atoms with Crippen LogP contribution in [0.4, 0.5) is 0 Å². The first-order valence-electron chi connectivity index (χ1n) is 7.61. The number of benzene rings is 1. The first kappa shape index (κ1) is 18.0. The molecule has 2 aromatic heterocycles. The molecule has 2 heterocycles. The highest BCUT2D eigenvalue weighted by Gasteiger charge is 2.14. The number of methoxy groups -OCH3 is 3. The van der Waals surface area contributed by atoms with Crippen LogP contribution in [0.3, 0.4) is 0 Å². The van der Waals surface area contributed by atoms with E-state index >= 15 is 0 Å². The SMILES string of the molecule is COc1cc(OC)c(OC)cc1/C=C(/C#N)c1nc(-c2cccs2)cs1. The third-order valence-corrected chi connectivity index (χ3v) is 5.43. The molecular formula is C19H16N2O3S2. The number of nitriles is 1. The number of hydrogen-bond acceptors (Lipinski definition) is 7. The molecule has 1 aromatic carbocycles. The van der Waals surface area contributed by atoms with Crippen LogP contribution in [0.2, 0.25) is 0 Å². The van der Waals surface area contributed by atoms with Crippen molar-refractivity contribution in [3.8, 4) is 33.9 Å². The Kier molecular flexibility index (Phi) is 5.56. The van der Waals surface area contributed by atoms with Crippen LogP contribution in [0.1, 0.15) is 10.6 Å². The van der Waals surface area contributed by atoms with Crippen molar-refractivity contribution in [1.29, 1.82) is 5.26 Å². The van der Waals surface area contributed by atoms with Gasteiger partial charge in [0.2, 0.25) is 0 Å². The van der Waals surface area contributed by atoms with Crippen LogP contribution in [-0.4, -0.2) is 26.3 Å². The summed E-state index contributed by atoms with van der Waals surface area (Å²) < 4.78 is 16.1. The number of ether oxygens (including phenoxy) is 3. The van der Waals surface area contributed by atoms with Crippen LogP contribution in [0.25, 0.3) is 22.2 Å². The number of thiophene rings is 1. The van der Waals surface area contributed by atoms with Crippen molar-refractivity contribution in [2.45, 2.75) is 0 Å². The second-order valence-corrected chi connectivity index (χ2v) is 6.94. The van der Waals surface area contributed by atoms with Crippen LogP contribution in [0, 0.1) is 11.3 Å². The van der Waals surface area contributed by atoms with Gasteiger partial charge in [0.25, 0.3) is 0 Å². The fourth-order valence-corrected chi connectivity index (χ4v) is 3.94. The van der Waals surface area contributed by atoms with Crippen LogP contribution in [-0.2, 0) is 0 Å². The van der Waals surface area contributed by atoms with Crippen LogP contribution < -0.4 is 14.2 Å². The van der Waals surface area contributed by atoms with Crippen molar-refractivity contribution < 1.29 is 14.2 Å². The maximum atomic E-state index is 9.63. The van der Waals surface area contributed by atoms with Crippen molar-refractivity contribution >= 4 is 34.3 Å². The lowest BCUT2D eigenvalue weighted by molar-refractivity contribution is 0.348. The Bertz CT molecular complexity index is 969. The monoisotopic (exact) mass is 384 g/mol. The summed E-state index contributed by atoms with van der Waals surface area (Å²) in [6.07, 6.45) is 1.75. The predicted molar refractivity (Wildman–Crippen MR) is 105 cm³/mol. The van der Waals surface area contributed by atoms with Gasteiger partial charge in [0.1, 0.15) is 16.8 Å². The highest BCUT2D eigenvalue weighted by Crippen LogP contribution is 2.37. The minimum Gasteiger partial charge on any atom is -0.496 e. The summed E-state index contributed by atoms with van der Waals surface area (Å²) in [5, 5.41) is 14.2. The van der Waals surface area contributed by atoms with E-state index in [1.54, 1.807) is 50.9 Å². The van der Waals surface area contributed by atoms with Gasteiger partial charge < -0.3 is 14.2 Å². The van der Waals surface area contributed by atoms with E-state index in [4.69, 9.17) is 14.2 Å². The molecule has 0 unspecified atom stereocenters. The van der Waals surface area contributed by atoms with Gasteiger partial charge in [-0.15, -0.1) is 22.7 Å². The van der Waals surface area contributed by atoms with E-state index in [-0.39, 0.29) is 0 Å². The Morgan fingerprint density at radius 2 is 1.81 bits per heavy atom. The van der Waals surface area contributed by atoms with Gasteiger partial charge in [-0.05, 0) is 23.6 Å². The lowest BCUT2D eigenvalue weighted by atomic mass is 10.1. The van der Waals surface area contributed by atoms with E-state index in [1.807, 2.05) is 22.9 Å². The molecule has 3 rings (SSSR count). The molecule has 7 heteroatoms. The van der Waals surface area contributed by atoms with E-state index in [1.165, 1.54) is 11.3 Å². The van der Waals surface area contributed by atoms with Crippen LogP contribution >= 0.6 is 22.7 Å². The normalized spacial score (nSPS) is 11.1. The molecule has 0 aliphatic rings. The van der Waals surface area contributed by atoms with Gasteiger partial charge in [0.15, 0.2) is 11.5 Å². The molecule has 0 amide bonds. The quantitative estimate of drug-likeness (QED) is 0.562. The van der Waals surface area contributed by atoms with Gasteiger partial charge in [-0.2, -0.15) is 5.26 Å². The summed E-state index contributed by atoms with van der Waals surface area (Å²) in [5.74, 6) is 1.72. The molecule has 0 bridgehead atoms. The van der Waals surface area contributed by atoms with E-state index < -0.39 is 0 Å². The summed E-state index contributed by atoms with van der Waals surface area (Å²) in [6, 6.07) is 9.73. The summed E-state index contributed by atoms with van der Waals surface area (Å²) in [5.41, 5.74) is 2.05. The van der Waals surface area contributed by atoms with Gasteiger partial charge in [-0.1, -0.05) is 6.07 Å². The molecular weight excluding hydrogens is 368 g/mol. The average molecular weight is 384 g/mol. The summed E-state index contributed by atoms with van der Waals surface area (Å²) in [4.78, 5) is 5.67. The highest BCUT2D eigenvalue weighted by atomic mass is 32.1. The number of hydrogen-bond donors (Lipinski definition) is 0. The lowest BCUT2D eigenvalue weighted by Crippen LogP contribution is -1.95. The van der Waals surface area contributed by atoms with Crippen LogP contribution in [0.15, 0.2) is 35.0 Å². The largest absolute Gasteiger partial charge is 0.496 e. The minimum atomic E-state index is 0.461. The lowest BCUT2D eigenvalue weighted by Gasteiger charge is -2.12. The fourth-order valence-electron chi connectivity index (χ4n) is 2.40. The van der Waals surface area contributed by atoms with Crippen LogP contribution in [0.5, 0.6) is 17.2 Å². The smallest absolute Gasteiger partial charge is 0.164 e. The minimum absolute atomic E-state index is 0.461. The van der Waals surface area contributed by atoms with Crippen molar-refractivity contribution in [3.05, 3.63) is 45.6 Å². The third-order valence-electron chi connectivity index (χ3n) is 3.66. The number of aromatic nitrogens is 1. The predicted octanol–water partition coefficient (Wildman–Crippen LogP) is 4.96. The number of nitrogens with zero attached hydrogens (tertiary/aromatic N) is 2. The molecule has 0 atom stereocenters. The third kappa shape index (κ3) is 3.57. The molecule has 0 aliphatic carbocycles. The molecule has 0 saturated carbocycles.